The molecule has 1 N–H and O–H groups in total. The van der Waals surface area contributed by atoms with Crippen molar-refractivity contribution in [2.75, 3.05) is 11.6 Å². The van der Waals surface area contributed by atoms with E-state index in [9.17, 15) is 27.9 Å². The van der Waals surface area contributed by atoms with Crippen LogP contribution in [0.5, 0.6) is 0 Å². The third kappa shape index (κ3) is 5.96. The highest BCUT2D eigenvalue weighted by molar-refractivity contribution is 8.00. The van der Waals surface area contributed by atoms with Crippen LogP contribution in [0.1, 0.15) is 55.5 Å². The molecule has 1 saturated carbocycles. The number of hydrogen-bond acceptors (Lipinski definition) is 4. The first-order valence-electron chi connectivity index (χ1n) is 13.7. The van der Waals surface area contributed by atoms with E-state index in [0.29, 0.717) is 30.0 Å². The van der Waals surface area contributed by atoms with E-state index in [-0.39, 0.29) is 35.8 Å². The number of anilines is 1. The highest BCUT2D eigenvalue weighted by Crippen LogP contribution is 2.48. The minimum atomic E-state index is -4.38. The number of carbonyl (C=O) groups is 2. The van der Waals surface area contributed by atoms with Crippen LogP contribution in [0.4, 0.5) is 18.9 Å². The number of carbonyl (C=O) groups excluding carboxylic acids is 1. The van der Waals surface area contributed by atoms with Gasteiger partial charge in [-0.15, -0.1) is 0 Å². The van der Waals surface area contributed by atoms with Crippen molar-refractivity contribution in [1.82, 2.24) is 4.90 Å². The van der Waals surface area contributed by atoms with E-state index >= 15 is 0 Å². The summed E-state index contributed by atoms with van der Waals surface area (Å²) in [6.07, 6.45) is 2.95. The molecule has 0 saturated heterocycles. The number of nitrogens with zero attached hydrogens (tertiary/aromatic N) is 2. The maximum absolute atomic E-state index is 14.1. The fraction of sp³-hybridized carbons (Fsp3) is 0.375. The topological polar surface area (TPSA) is 60.9 Å². The van der Waals surface area contributed by atoms with Gasteiger partial charge < -0.3 is 14.9 Å². The average molecular weight is 583 g/mol. The lowest BCUT2D eigenvalue weighted by atomic mass is 9.64. The van der Waals surface area contributed by atoms with Gasteiger partial charge in [0.25, 0.3) is 5.91 Å². The maximum Gasteiger partial charge on any atom is 0.446 e. The molecule has 5 nitrogen and oxygen atoms in total. The van der Waals surface area contributed by atoms with Crippen molar-refractivity contribution in [1.29, 1.82) is 0 Å². The van der Waals surface area contributed by atoms with Gasteiger partial charge in [0.2, 0.25) is 0 Å². The minimum Gasteiger partial charge on any atom is -0.480 e. The van der Waals surface area contributed by atoms with E-state index in [0.717, 1.165) is 34.8 Å². The van der Waals surface area contributed by atoms with Gasteiger partial charge in [0.05, 0.1) is 17.9 Å². The number of carboxylic acid groups (broad SMARTS) is 1. The number of hydrogen-bond donors (Lipinski definition) is 1. The lowest BCUT2D eigenvalue weighted by molar-refractivity contribution is -0.148. The number of rotatable bonds is 7. The molecular weight excluding hydrogens is 549 g/mol. The second kappa shape index (κ2) is 11.1. The van der Waals surface area contributed by atoms with Gasteiger partial charge in [0.15, 0.2) is 0 Å². The molecule has 1 heterocycles. The Kier molecular flexibility index (Phi) is 7.85. The van der Waals surface area contributed by atoms with Crippen LogP contribution in [0.25, 0.3) is 10.8 Å². The van der Waals surface area contributed by atoms with Crippen LogP contribution in [0.2, 0.25) is 0 Å². The minimum absolute atomic E-state index is 0.0364. The van der Waals surface area contributed by atoms with Crippen LogP contribution >= 0.6 is 11.8 Å². The molecule has 2 unspecified atom stereocenters. The normalized spacial score (nSPS) is 22.1. The zero-order valence-electron chi connectivity index (χ0n) is 23.1. The first-order chi connectivity index (χ1) is 19.4. The van der Waals surface area contributed by atoms with Crippen LogP contribution < -0.4 is 4.90 Å². The Morgan fingerprint density at radius 3 is 2.51 bits per heavy atom. The fourth-order valence-corrected chi connectivity index (χ4v) is 7.29. The van der Waals surface area contributed by atoms with Crippen LogP contribution in [-0.4, -0.2) is 40.1 Å². The maximum atomic E-state index is 14.1. The summed E-state index contributed by atoms with van der Waals surface area (Å²) in [5.41, 5.74) is -2.21. The molecule has 1 aliphatic carbocycles. The van der Waals surface area contributed by atoms with Gasteiger partial charge in [-0.1, -0.05) is 74.9 Å². The van der Waals surface area contributed by atoms with Crippen LogP contribution in [0.15, 0.2) is 77.7 Å². The van der Waals surface area contributed by atoms with E-state index in [2.05, 4.69) is 13.5 Å². The molecule has 0 radical (unpaired) electrons. The predicted octanol–water partition coefficient (Wildman–Crippen LogP) is 8.10. The Bertz CT molecular complexity index is 1490. The van der Waals surface area contributed by atoms with Gasteiger partial charge in [-0.05, 0) is 66.1 Å². The number of carboxylic acids is 1. The number of halogens is 3. The number of aliphatic carboxylic acids is 1. The van der Waals surface area contributed by atoms with Crippen molar-refractivity contribution in [2.24, 2.45) is 11.3 Å². The third-order valence-electron chi connectivity index (χ3n) is 8.33. The van der Waals surface area contributed by atoms with Crippen molar-refractivity contribution in [3.63, 3.8) is 0 Å². The van der Waals surface area contributed by atoms with Crippen molar-refractivity contribution in [2.45, 2.75) is 62.5 Å². The summed E-state index contributed by atoms with van der Waals surface area (Å²) in [6, 6.07) is 16.4. The standard InChI is InChI=1S/C32H33F3N2O3S/c1-4-21-15-20(2)16-31(3,17-21)28(30(39)40)37-19-36(18-22-9-12-24(13-10-22)41-32(33,34)35)27-25-8-6-5-7-23(25)11-14-26(27)29(37)38/h5-14,21,28H,2,4,15-19H2,1,3H3,(H,39,40)/t21?,28?,31-/m1/s1. The van der Waals surface area contributed by atoms with Crippen molar-refractivity contribution in [3.8, 4) is 0 Å². The fourth-order valence-electron chi connectivity index (χ4n) is 6.75. The van der Waals surface area contributed by atoms with E-state index < -0.39 is 22.9 Å². The molecule has 216 valence electrons. The van der Waals surface area contributed by atoms with Gasteiger partial charge >= 0.3 is 11.5 Å². The molecule has 2 aliphatic rings. The summed E-state index contributed by atoms with van der Waals surface area (Å²) in [7, 11) is 0. The highest BCUT2D eigenvalue weighted by atomic mass is 32.2. The number of amides is 1. The van der Waals surface area contributed by atoms with Crippen molar-refractivity contribution >= 4 is 40.1 Å². The van der Waals surface area contributed by atoms with Gasteiger partial charge in [0, 0.05) is 22.2 Å². The van der Waals surface area contributed by atoms with Gasteiger partial charge in [-0.3, -0.25) is 4.79 Å². The average Bonchev–Trinajstić information content (AvgIpc) is 2.90. The first-order valence-corrected chi connectivity index (χ1v) is 14.5. The second-order valence-electron chi connectivity index (χ2n) is 11.5. The van der Waals surface area contributed by atoms with E-state index in [1.54, 1.807) is 18.2 Å². The Labute approximate surface area is 242 Å². The molecule has 1 fully saturated rings. The van der Waals surface area contributed by atoms with Gasteiger partial charge in [-0.25, -0.2) is 4.79 Å². The number of allylic oxidation sites excluding steroid dienone is 1. The zero-order valence-corrected chi connectivity index (χ0v) is 23.9. The van der Waals surface area contributed by atoms with Crippen LogP contribution in [-0.2, 0) is 11.3 Å². The first kappa shape index (κ1) is 29.0. The van der Waals surface area contributed by atoms with E-state index in [1.165, 1.54) is 17.0 Å². The number of thioether (sulfide) groups is 1. The van der Waals surface area contributed by atoms with Crippen molar-refractivity contribution in [3.05, 3.63) is 83.9 Å². The van der Waals surface area contributed by atoms with Gasteiger partial charge in [0.1, 0.15) is 6.04 Å². The number of fused-ring (bicyclic) bond motifs is 3. The van der Waals surface area contributed by atoms with E-state index in [1.807, 2.05) is 42.2 Å². The molecule has 1 aliphatic heterocycles. The molecule has 3 aromatic rings. The highest BCUT2D eigenvalue weighted by Gasteiger charge is 2.50. The Morgan fingerprint density at radius 2 is 1.85 bits per heavy atom. The third-order valence-corrected chi connectivity index (χ3v) is 9.07. The van der Waals surface area contributed by atoms with Crippen molar-refractivity contribution < 1.29 is 27.9 Å². The molecule has 5 rings (SSSR count). The monoisotopic (exact) mass is 582 g/mol. The molecule has 9 heteroatoms. The lowest BCUT2D eigenvalue weighted by Crippen LogP contribution is -2.60. The quantitative estimate of drug-likeness (QED) is 0.225. The number of benzene rings is 3. The van der Waals surface area contributed by atoms with Crippen LogP contribution in [0.3, 0.4) is 0 Å². The Hall–Kier alpha value is -3.46. The predicted molar refractivity (Wildman–Crippen MR) is 156 cm³/mol. The zero-order chi connectivity index (χ0) is 29.5. The summed E-state index contributed by atoms with van der Waals surface area (Å²) in [4.78, 5) is 30.6. The van der Waals surface area contributed by atoms with E-state index in [4.69, 9.17) is 0 Å². The molecule has 1 amide bonds. The van der Waals surface area contributed by atoms with Gasteiger partial charge in [-0.2, -0.15) is 13.2 Å². The summed E-state index contributed by atoms with van der Waals surface area (Å²) < 4.78 is 38.6. The molecule has 0 aromatic heterocycles. The molecule has 3 aromatic carbocycles. The molecular formula is C32H33F3N2O3S. The molecule has 41 heavy (non-hydrogen) atoms. The summed E-state index contributed by atoms with van der Waals surface area (Å²) in [5, 5.41) is 12.4. The largest absolute Gasteiger partial charge is 0.480 e. The number of alkyl halides is 3. The summed E-state index contributed by atoms with van der Waals surface area (Å²) in [5.74, 6) is -1.09. The smallest absolute Gasteiger partial charge is 0.446 e. The van der Waals surface area contributed by atoms with Crippen LogP contribution in [0, 0.1) is 11.3 Å². The molecule has 0 bridgehead atoms. The molecule has 0 spiro atoms. The lowest BCUT2D eigenvalue weighted by Gasteiger charge is -2.49. The molecule has 3 atom stereocenters. The SMILES string of the molecule is C=C1CC(CC)C[C@](C)(C(C(=O)O)N2CN(Cc3ccc(SC(F)(F)F)cc3)c3c(ccc4ccccc34)C2=O)C1. The Balaban J connectivity index is 1.56. The second-order valence-corrected chi connectivity index (χ2v) is 12.6. The summed E-state index contributed by atoms with van der Waals surface area (Å²) in [6.45, 7) is 8.57. The summed E-state index contributed by atoms with van der Waals surface area (Å²) >= 11 is -0.168. The Morgan fingerprint density at radius 1 is 1.15 bits per heavy atom.